The van der Waals surface area contributed by atoms with E-state index in [1.54, 1.807) is 0 Å². The average Bonchev–Trinajstić information content (AvgIpc) is 2.74. The fraction of sp³-hybridized carbons (Fsp3) is 0.364. The molecule has 1 fully saturated rings. The van der Waals surface area contributed by atoms with Gasteiger partial charge in [-0.3, -0.25) is 4.79 Å². The SMILES string of the molecule is NC(=O)C1OCC2Cc3ccccc3N21. The monoisotopic (exact) mass is 204 g/mol. The van der Waals surface area contributed by atoms with E-state index in [-0.39, 0.29) is 6.04 Å². The number of nitrogens with two attached hydrogens (primary N) is 1. The molecule has 0 spiro atoms. The minimum atomic E-state index is -0.585. The molecule has 2 aliphatic heterocycles. The molecule has 78 valence electrons. The van der Waals surface area contributed by atoms with E-state index in [1.807, 2.05) is 23.1 Å². The van der Waals surface area contributed by atoms with Crippen LogP contribution in [0.2, 0.25) is 0 Å². The van der Waals surface area contributed by atoms with Gasteiger partial charge < -0.3 is 15.4 Å². The fourth-order valence-corrected chi connectivity index (χ4v) is 2.44. The van der Waals surface area contributed by atoms with Crippen molar-refractivity contribution in [3.05, 3.63) is 29.8 Å². The van der Waals surface area contributed by atoms with Gasteiger partial charge in [-0.15, -0.1) is 0 Å². The third kappa shape index (κ3) is 1.15. The van der Waals surface area contributed by atoms with Crippen molar-refractivity contribution < 1.29 is 9.53 Å². The number of para-hydroxylation sites is 1. The standard InChI is InChI=1S/C11H12N2O2/c12-10(14)11-13-8(6-15-11)5-7-3-1-2-4-9(7)13/h1-4,8,11H,5-6H2,(H2,12,14). The van der Waals surface area contributed by atoms with Crippen molar-refractivity contribution in [1.82, 2.24) is 0 Å². The predicted octanol–water partition coefficient (Wildman–Crippen LogP) is 0.259. The maximum absolute atomic E-state index is 11.2. The largest absolute Gasteiger partial charge is 0.366 e. The molecule has 3 rings (SSSR count). The number of hydrogen-bond donors (Lipinski definition) is 1. The maximum Gasteiger partial charge on any atom is 0.267 e. The Morgan fingerprint density at radius 1 is 1.47 bits per heavy atom. The molecule has 15 heavy (non-hydrogen) atoms. The molecular weight excluding hydrogens is 192 g/mol. The second kappa shape index (κ2) is 2.97. The predicted molar refractivity (Wildman–Crippen MR) is 55.3 cm³/mol. The highest BCUT2D eigenvalue weighted by Crippen LogP contribution is 2.37. The number of fused-ring (bicyclic) bond motifs is 3. The first-order chi connectivity index (χ1) is 7.27. The van der Waals surface area contributed by atoms with Crippen LogP contribution in [-0.4, -0.2) is 24.8 Å². The van der Waals surface area contributed by atoms with Crippen LogP contribution in [0.1, 0.15) is 5.56 Å². The van der Waals surface area contributed by atoms with Crippen molar-refractivity contribution in [3.8, 4) is 0 Å². The molecule has 0 aromatic heterocycles. The zero-order chi connectivity index (χ0) is 10.4. The van der Waals surface area contributed by atoms with E-state index in [1.165, 1.54) is 5.56 Å². The van der Waals surface area contributed by atoms with Crippen LogP contribution in [0, 0.1) is 0 Å². The number of hydrogen-bond acceptors (Lipinski definition) is 3. The normalized spacial score (nSPS) is 27.6. The Morgan fingerprint density at radius 2 is 2.27 bits per heavy atom. The third-order valence-corrected chi connectivity index (χ3v) is 3.06. The molecule has 1 amide bonds. The smallest absolute Gasteiger partial charge is 0.267 e. The summed E-state index contributed by atoms with van der Waals surface area (Å²) in [6.45, 7) is 0.586. The Bertz CT molecular complexity index is 419. The summed E-state index contributed by atoms with van der Waals surface area (Å²) < 4.78 is 5.39. The molecule has 2 aliphatic rings. The van der Waals surface area contributed by atoms with Crippen molar-refractivity contribution in [2.24, 2.45) is 5.73 Å². The number of carbonyl (C=O) groups excluding carboxylic acids is 1. The summed E-state index contributed by atoms with van der Waals surface area (Å²) in [6, 6.07) is 8.37. The van der Waals surface area contributed by atoms with Crippen LogP contribution in [-0.2, 0) is 16.0 Å². The van der Waals surface area contributed by atoms with Crippen LogP contribution in [0.4, 0.5) is 5.69 Å². The lowest BCUT2D eigenvalue weighted by Gasteiger charge is -2.22. The van der Waals surface area contributed by atoms with E-state index in [0.717, 1.165) is 12.1 Å². The number of primary amides is 1. The number of ether oxygens (including phenoxy) is 1. The molecule has 1 aromatic rings. The molecule has 1 aromatic carbocycles. The Balaban J connectivity index is 2.03. The van der Waals surface area contributed by atoms with Crippen LogP contribution in [0.3, 0.4) is 0 Å². The molecule has 0 radical (unpaired) electrons. The number of nitrogens with zero attached hydrogens (tertiary/aromatic N) is 1. The molecular formula is C11H12N2O2. The van der Waals surface area contributed by atoms with Crippen molar-refractivity contribution in [2.75, 3.05) is 11.5 Å². The second-order valence-electron chi connectivity index (χ2n) is 3.98. The van der Waals surface area contributed by atoms with Crippen LogP contribution in [0.5, 0.6) is 0 Å². The summed E-state index contributed by atoms with van der Waals surface area (Å²) in [5.41, 5.74) is 7.67. The van der Waals surface area contributed by atoms with E-state index in [9.17, 15) is 4.79 Å². The maximum atomic E-state index is 11.2. The summed E-state index contributed by atoms with van der Waals surface area (Å²) >= 11 is 0. The van der Waals surface area contributed by atoms with Gasteiger partial charge in [0.15, 0.2) is 0 Å². The number of carbonyl (C=O) groups is 1. The third-order valence-electron chi connectivity index (χ3n) is 3.06. The van der Waals surface area contributed by atoms with Gasteiger partial charge in [0.05, 0.1) is 12.6 Å². The van der Waals surface area contributed by atoms with Crippen LogP contribution in [0.25, 0.3) is 0 Å². The first kappa shape index (κ1) is 8.73. The lowest BCUT2D eigenvalue weighted by molar-refractivity contribution is -0.126. The van der Waals surface area contributed by atoms with Gasteiger partial charge in [0.1, 0.15) is 0 Å². The Hall–Kier alpha value is -1.55. The minimum Gasteiger partial charge on any atom is -0.366 e. The van der Waals surface area contributed by atoms with Gasteiger partial charge >= 0.3 is 0 Å². The highest BCUT2D eigenvalue weighted by atomic mass is 16.5. The highest BCUT2D eigenvalue weighted by Gasteiger charge is 2.42. The topological polar surface area (TPSA) is 55.6 Å². The summed E-state index contributed by atoms with van der Waals surface area (Å²) in [5, 5.41) is 0. The Kier molecular flexibility index (Phi) is 1.73. The number of benzene rings is 1. The Morgan fingerprint density at radius 3 is 3.07 bits per heavy atom. The minimum absolute atomic E-state index is 0.278. The summed E-state index contributed by atoms with van der Waals surface area (Å²) in [5.74, 6) is -0.408. The molecule has 2 unspecified atom stereocenters. The quantitative estimate of drug-likeness (QED) is 0.714. The molecule has 2 heterocycles. The zero-order valence-corrected chi connectivity index (χ0v) is 8.22. The molecule has 4 heteroatoms. The summed E-state index contributed by atoms with van der Waals surface area (Å²) in [7, 11) is 0. The van der Waals surface area contributed by atoms with Gasteiger partial charge in [-0.05, 0) is 18.1 Å². The van der Waals surface area contributed by atoms with Crippen molar-refractivity contribution >= 4 is 11.6 Å². The second-order valence-corrected chi connectivity index (χ2v) is 3.98. The van der Waals surface area contributed by atoms with Gasteiger partial charge in [-0.1, -0.05) is 18.2 Å². The van der Waals surface area contributed by atoms with E-state index in [0.29, 0.717) is 6.61 Å². The fourth-order valence-electron chi connectivity index (χ4n) is 2.44. The number of rotatable bonds is 1. The van der Waals surface area contributed by atoms with E-state index in [2.05, 4.69) is 6.07 Å². The van der Waals surface area contributed by atoms with Gasteiger partial charge in [0, 0.05) is 5.69 Å². The van der Waals surface area contributed by atoms with E-state index in [4.69, 9.17) is 10.5 Å². The Labute approximate surface area is 87.6 Å². The molecule has 4 nitrogen and oxygen atoms in total. The lowest BCUT2D eigenvalue weighted by atomic mass is 10.1. The van der Waals surface area contributed by atoms with Crippen LogP contribution >= 0.6 is 0 Å². The van der Waals surface area contributed by atoms with Gasteiger partial charge in [-0.25, -0.2) is 0 Å². The van der Waals surface area contributed by atoms with Crippen molar-refractivity contribution in [1.29, 1.82) is 0 Å². The molecule has 2 N–H and O–H groups in total. The molecule has 1 saturated heterocycles. The summed E-state index contributed by atoms with van der Waals surface area (Å²) in [4.78, 5) is 13.2. The first-order valence-electron chi connectivity index (χ1n) is 5.04. The average molecular weight is 204 g/mol. The molecule has 0 bridgehead atoms. The first-order valence-corrected chi connectivity index (χ1v) is 5.04. The summed E-state index contributed by atoms with van der Waals surface area (Å²) in [6.07, 6.45) is 0.360. The lowest BCUT2D eigenvalue weighted by Crippen LogP contribution is -2.43. The van der Waals surface area contributed by atoms with Crippen LogP contribution in [0.15, 0.2) is 24.3 Å². The van der Waals surface area contributed by atoms with E-state index < -0.39 is 12.1 Å². The van der Waals surface area contributed by atoms with E-state index >= 15 is 0 Å². The highest BCUT2D eigenvalue weighted by molar-refractivity contribution is 5.84. The molecule has 0 saturated carbocycles. The van der Waals surface area contributed by atoms with Gasteiger partial charge in [0.2, 0.25) is 6.23 Å². The van der Waals surface area contributed by atoms with Gasteiger partial charge in [0.25, 0.3) is 5.91 Å². The van der Waals surface area contributed by atoms with Crippen LogP contribution < -0.4 is 10.6 Å². The number of amides is 1. The molecule has 0 aliphatic carbocycles. The number of anilines is 1. The zero-order valence-electron chi connectivity index (χ0n) is 8.22. The van der Waals surface area contributed by atoms with Crippen molar-refractivity contribution in [3.63, 3.8) is 0 Å². The van der Waals surface area contributed by atoms with Crippen molar-refractivity contribution in [2.45, 2.75) is 18.7 Å². The van der Waals surface area contributed by atoms with Gasteiger partial charge in [-0.2, -0.15) is 0 Å². The molecule has 2 atom stereocenters.